The third kappa shape index (κ3) is 2.04. The topological polar surface area (TPSA) is 50.9 Å². The first kappa shape index (κ1) is 11.4. The molecule has 2 heterocycles. The first-order valence-electron chi connectivity index (χ1n) is 4.57. The van der Waals surface area contributed by atoms with E-state index in [-0.39, 0.29) is 0 Å². The lowest BCUT2D eigenvalue weighted by atomic mass is 10.1. The van der Waals surface area contributed by atoms with Crippen molar-refractivity contribution in [1.82, 2.24) is 14.8 Å². The van der Waals surface area contributed by atoms with Crippen LogP contribution in [0.1, 0.15) is 17.4 Å². The second kappa shape index (κ2) is 4.41. The Kier molecular flexibility index (Phi) is 3.14. The normalized spacial score (nSPS) is 12.8. The van der Waals surface area contributed by atoms with Gasteiger partial charge < -0.3 is 5.11 Å². The standard InChI is InChI=1S/C10H9Cl2N3O/c1-15-10(12)6(5-13-15)9(16)7-3-2-4-8(11)14-7/h2-5,9,16H,1H3. The highest BCUT2D eigenvalue weighted by Gasteiger charge is 2.18. The molecule has 6 heteroatoms. The fraction of sp³-hybridized carbons (Fsp3) is 0.200. The third-order valence-electron chi connectivity index (χ3n) is 2.20. The van der Waals surface area contributed by atoms with Crippen molar-refractivity contribution >= 4 is 23.2 Å². The number of aliphatic hydroxyl groups excluding tert-OH is 1. The molecule has 1 atom stereocenters. The Balaban J connectivity index is 2.39. The molecule has 16 heavy (non-hydrogen) atoms. The van der Waals surface area contributed by atoms with Gasteiger partial charge in [0.15, 0.2) is 0 Å². The lowest BCUT2D eigenvalue weighted by molar-refractivity contribution is 0.215. The van der Waals surface area contributed by atoms with E-state index in [0.29, 0.717) is 21.6 Å². The van der Waals surface area contributed by atoms with Crippen molar-refractivity contribution in [3.63, 3.8) is 0 Å². The quantitative estimate of drug-likeness (QED) is 0.840. The number of pyridine rings is 1. The number of nitrogens with zero attached hydrogens (tertiary/aromatic N) is 3. The number of halogens is 2. The van der Waals surface area contributed by atoms with Gasteiger partial charge in [0, 0.05) is 12.6 Å². The highest BCUT2D eigenvalue weighted by molar-refractivity contribution is 6.30. The summed E-state index contributed by atoms with van der Waals surface area (Å²) in [5.74, 6) is 0. The average Bonchev–Trinajstić information content (AvgIpc) is 2.59. The van der Waals surface area contributed by atoms with Crippen molar-refractivity contribution in [2.75, 3.05) is 0 Å². The lowest BCUT2D eigenvalue weighted by Crippen LogP contribution is -2.02. The minimum atomic E-state index is -0.917. The number of rotatable bonds is 2. The molecule has 0 amide bonds. The van der Waals surface area contributed by atoms with Crippen molar-refractivity contribution in [2.45, 2.75) is 6.10 Å². The number of aromatic nitrogens is 3. The minimum absolute atomic E-state index is 0.330. The van der Waals surface area contributed by atoms with Gasteiger partial charge in [0.05, 0.1) is 11.9 Å². The smallest absolute Gasteiger partial charge is 0.132 e. The van der Waals surface area contributed by atoms with E-state index in [1.54, 1.807) is 25.2 Å². The van der Waals surface area contributed by atoms with E-state index in [1.807, 2.05) is 0 Å². The molecule has 0 aliphatic heterocycles. The fourth-order valence-corrected chi connectivity index (χ4v) is 1.72. The highest BCUT2D eigenvalue weighted by Crippen LogP contribution is 2.26. The summed E-state index contributed by atoms with van der Waals surface area (Å²) in [6.07, 6.45) is 0.593. The van der Waals surface area contributed by atoms with Crippen LogP contribution in [-0.4, -0.2) is 19.9 Å². The summed E-state index contributed by atoms with van der Waals surface area (Å²) in [6.45, 7) is 0. The predicted octanol–water partition coefficient (Wildman–Crippen LogP) is 2.20. The summed E-state index contributed by atoms with van der Waals surface area (Å²) < 4.78 is 1.48. The molecule has 0 radical (unpaired) electrons. The maximum atomic E-state index is 10.1. The lowest BCUT2D eigenvalue weighted by Gasteiger charge is -2.08. The largest absolute Gasteiger partial charge is 0.382 e. The van der Waals surface area contributed by atoms with E-state index in [9.17, 15) is 5.11 Å². The van der Waals surface area contributed by atoms with Crippen molar-refractivity contribution in [1.29, 1.82) is 0 Å². The number of hydrogen-bond donors (Lipinski definition) is 1. The molecule has 1 N–H and O–H groups in total. The molecule has 0 aromatic carbocycles. The van der Waals surface area contributed by atoms with Crippen LogP contribution >= 0.6 is 23.2 Å². The first-order chi connectivity index (χ1) is 7.59. The molecule has 4 nitrogen and oxygen atoms in total. The fourth-order valence-electron chi connectivity index (χ4n) is 1.36. The van der Waals surface area contributed by atoms with Crippen LogP contribution in [0.3, 0.4) is 0 Å². The molecule has 0 aliphatic carbocycles. The van der Waals surface area contributed by atoms with Gasteiger partial charge in [0.25, 0.3) is 0 Å². The van der Waals surface area contributed by atoms with Gasteiger partial charge in [-0.1, -0.05) is 29.3 Å². The molecule has 1 unspecified atom stereocenters. The highest BCUT2D eigenvalue weighted by atomic mass is 35.5. The summed E-state index contributed by atoms with van der Waals surface area (Å²) in [4.78, 5) is 4.02. The van der Waals surface area contributed by atoms with Gasteiger partial charge in [-0.3, -0.25) is 4.68 Å². The van der Waals surface area contributed by atoms with E-state index in [2.05, 4.69) is 10.1 Å². The zero-order valence-electron chi connectivity index (χ0n) is 8.43. The van der Waals surface area contributed by atoms with E-state index < -0.39 is 6.10 Å². The molecule has 2 rings (SSSR count). The molecule has 0 bridgehead atoms. The van der Waals surface area contributed by atoms with Gasteiger partial charge in [-0.05, 0) is 12.1 Å². The van der Waals surface area contributed by atoms with Crippen LogP contribution < -0.4 is 0 Å². The van der Waals surface area contributed by atoms with Crippen molar-refractivity contribution in [3.05, 3.63) is 46.0 Å². The van der Waals surface area contributed by atoms with E-state index in [0.717, 1.165) is 0 Å². The van der Waals surface area contributed by atoms with Gasteiger partial charge >= 0.3 is 0 Å². The summed E-state index contributed by atoms with van der Waals surface area (Å²) >= 11 is 11.7. The zero-order valence-corrected chi connectivity index (χ0v) is 9.94. The molecule has 0 spiro atoms. The van der Waals surface area contributed by atoms with Crippen LogP contribution in [-0.2, 0) is 7.05 Å². The average molecular weight is 258 g/mol. The molecule has 0 saturated carbocycles. The van der Waals surface area contributed by atoms with Crippen LogP contribution in [0.25, 0.3) is 0 Å². The molecular weight excluding hydrogens is 249 g/mol. The minimum Gasteiger partial charge on any atom is -0.382 e. The van der Waals surface area contributed by atoms with Crippen LogP contribution in [0.4, 0.5) is 0 Å². The second-order valence-corrected chi connectivity index (χ2v) is 4.05. The Bertz CT molecular complexity index is 513. The monoisotopic (exact) mass is 257 g/mol. The van der Waals surface area contributed by atoms with Crippen molar-refractivity contribution in [3.8, 4) is 0 Å². The van der Waals surface area contributed by atoms with Gasteiger partial charge in [0.1, 0.15) is 16.4 Å². The molecule has 2 aromatic heterocycles. The van der Waals surface area contributed by atoms with Gasteiger partial charge in [-0.15, -0.1) is 0 Å². The van der Waals surface area contributed by atoms with E-state index in [4.69, 9.17) is 23.2 Å². The van der Waals surface area contributed by atoms with Crippen LogP contribution in [0.15, 0.2) is 24.4 Å². The summed E-state index contributed by atoms with van der Waals surface area (Å²) in [6, 6.07) is 5.04. The predicted molar refractivity (Wildman–Crippen MR) is 61.5 cm³/mol. The van der Waals surface area contributed by atoms with Crippen molar-refractivity contribution in [2.24, 2.45) is 7.05 Å². The third-order valence-corrected chi connectivity index (χ3v) is 2.88. The van der Waals surface area contributed by atoms with Crippen LogP contribution in [0, 0.1) is 0 Å². The number of hydrogen-bond acceptors (Lipinski definition) is 3. The van der Waals surface area contributed by atoms with Crippen LogP contribution in [0.5, 0.6) is 0 Å². The van der Waals surface area contributed by atoms with Gasteiger partial charge in [-0.25, -0.2) is 4.98 Å². The maximum absolute atomic E-state index is 10.1. The molecule has 0 fully saturated rings. The number of aliphatic hydroxyl groups is 1. The first-order valence-corrected chi connectivity index (χ1v) is 5.33. The molecule has 2 aromatic rings. The second-order valence-electron chi connectivity index (χ2n) is 3.30. The number of aryl methyl sites for hydroxylation is 1. The Labute approximate surface area is 102 Å². The molecule has 0 aliphatic rings. The van der Waals surface area contributed by atoms with Gasteiger partial charge in [0.2, 0.25) is 0 Å². The van der Waals surface area contributed by atoms with Crippen LogP contribution in [0.2, 0.25) is 10.3 Å². The Morgan fingerprint density at radius 2 is 2.12 bits per heavy atom. The Morgan fingerprint density at radius 1 is 1.38 bits per heavy atom. The Hall–Kier alpha value is -1.10. The van der Waals surface area contributed by atoms with E-state index in [1.165, 1.54) is 10.9 Å². The molecule has 0 saturated heterocycles. The SMILES string of the molecule is Cn1ncc(C(O)c2cccc(Cl)n2)c1Cl. The summed E-state index contributed by atoms with van der Waals surface area (Å²) in [7, 11) is 1.70. The summed E-state index contributed by atoms with van der Waals surface area (Å²) in [5, 5.41) is 14.7. The van der Waals surface area contributed by atoms with Gasteiger partial charge in [-0.2, -0.15) is 5.10 Å². The zero-order chi connectivity index (χ0) is 11.7. The van der Waals surface area contributed by atoms with E-state index >= 15 is 0 Å². The molecule has 84 valence electrons. The van der Waals surface area contributed by atoms with Crippen molar-refractivity contribution < 1.29 is 5.11 Å². The summed E-state index contributed by atoms with van der Waals surface area (Å²) in [5.41, 5.74) is 0.960. The molecular formula is C10H9Cl2N3O. The maximum Gasteiger partial charge on any atom is 0.132 e. The Morgan fingerprint density at radius 3 is 2.69 bits per heavy atom.